The molecule has 0 radical (unpaired) electrons. The molecule has 2 saturated heterocycles. The highest BCUT2D eigenvalue weighted by Gasteiger charge is 2.66. The molecule has 2 aliphatic rings. The summed E-state index contributed by atoms with van der Waals surface area (Å²) in [5, 5.41) is 9.54. The van der Waals surface area contributed by atoms with Crippen LogP contribution in [0.3, 0.4) is 0 Å². The predicted molar refractivity (Wildman–Crippen MR) is 55.3 cm³/mol. The van der Waals surface area contributed by atoms with Crippen LogP contribution in [0.15, 0.2) is 0 Å². The first-order chi connectivity index (χ1) is 6.87. The van der Waals surface area contributed by atoms with Gasteiger partial charge in [-0.25, -0.2) is 0 Å². The Morgan fingerprint density at radius 2 is 2.20 bits per heavy atom. The van der Waals surface area contributed by atoms with Crippen LogP contribution in [0.5, 0.6) is 0 Å². The predicted octanol–water partition coefficient (Wildman–Crippen LogP) is 0.393. The Labute approximate surface area is 90.2 Å². The molecule has 0 saturated carbocycles. The molecule has 4 nitrogen and oxygen atoms in total. The molecule has 4 atom stereocenters. The van der Waals surface area contributed by atoms with Crippen molar-refractivity contribution in [1.29, 1.82) is 0 Å². The lowest BCUT2D eigenvalue weighted by Crippen LogP contribution is -2.57. The number of carbonyl (C=O) groups excluding carboxylic acids is 1. The van der Waals surface area contributed by atoms with Gasteiger partial charge in [-0.2, -0.15) is 0 Å². The van der Waals surface area contributed by atoms with Crippen molar-refractivity contribution in [1.82, 2.24) is 4.90 Å². The number of fused-ring (bicyclic) bond motifs is 1. The highest BCUT2D eigenvalue weighted by atomic mass is 16.5. The van der Waals surface area contributed by atoms with Gasteiger partial charge in [0.05, 0.1) is 24.2 Å². The molecule has 0 spiro atoms. The number of ether oxygens (including phenoxy) is 1. The fourth-order valence-corrected chi connectivity index (χ4v) is 3.02. The van der Waals surface area contributed by atoms with Crippen molar-refractivity contribution in [2.75, 3.05) is 13.7 Å². The van der Waals surface area contributed by atoms with E-state index in [1.807, 2.05) is 20.8 Å². The third-order valence-corrected chi connectivity index (χ3v) is 4.42. The lowest BCUT2D eigenvalue weighted by atomic mass is 9.78. The quantitative estimate of drug-likeness (QED) is 0.685. The number of hydrogen-bond acceptors (Lipinski definition) is 3. The number of aliphatic hydroxyl groups excluding tert-OH is 1. The molecule has 2 rings (SSSR count). The summed E-state index contributed by atoms with van der Waals surface area (Å²) in [4.78, 5) is 13.7. The fourth-order valence-electron chi connectivity index (χ4n) is 3.02. The number of aliphatic hydroxyl groups is 1. The van der Waals surface area contributed by atoms with Gasteiger partial charge in [-0.3, -0.25) is 4.79 Å². The molecule has 15 heavy (non-hydrogen) atoms. The largest absolute Gasteiger partial charge is 0.394 e. The monoisotopic (exact) mass is 213 g/mol. The number of carbonyl (C=O) groups is 1. The Bertz CT molecular complexity index is 306. The Hall–Kier alpha value is -0.610. The maximum atomic E-state index is 12.0. The van der Waals surface area contributed by atoms with E-state index in [-0.39, 0.29) is 24.5 Å². The summed E-state index contributed by atoms with van der Waals surface area (Å²) in [6, 6.07) is 0. The number of amides is 1. The topological polar surface area (TPSA) is 49.8 Å². The first-order valence-corrected chi connectivity index (χ1v) is 5.43. The Morgan fingerprint density at radius 1 is 1.60 bits per heavy atom. The third kappa shape index (κ3) is 1.06. The van der Waals surface area contributed by atoms with Gasteiger partial charge >= 0.3 is 0 Å². The van der Waals surface area contributed by atoms with E-state index in [4.69, 9.17) is 4.74 Å². The molecule has 0 bridgehead atoms. The molecule has 1 amide bonds. The van der Waals surface area contributed by atoms with E-state index in [0.717, 1.165) is 6.42 Å². The average Bonchev–Trinajstić information content (AvgIpc) is 2.56. The molecule has 0 aliphatic carbocycles. The molecule has 0 aromatic carbocycles. The molecule has 0 aromatic heterocycles. The lowest BCUT2D eigenvalue weighted by Gasteiger charge is -2.41. The summed E-state index contributed by atoms with van der Waals surface area (Å²) in [5.74, 6) is -0.00644. The summed E-state index contributed by atoms with van der Waals surface area (Å²) >= 11 is 0. The van der Waals surface area contributed by atoms with Crippen LogP contribution in [0.1, 0.15) is 27.2 Å². The zero-order valence-electron chi connectivity index (χ0n) is 9.78. The van der Waals surface area contributed by atoms with E-state index in [1.54, 1.807) is 11.9 Å². The summed E-state index contributed by atoms with van der Waals surface area (Å²) < 4.78 is 5.90. The molecule has 0 aromatic rings. The molecular weight excluding hydrogens is 194 g/mol. The third-order valence-electron chi connectivity index (χ3n) is 4.42. The SMILES string of the molecule is CC1CC2C(=O)N(C)C(C)(CO)C2(C)O1. The highest BCUT2D eigenvalue weighted by Crippen LogP contribution is 2.51. The molecule has 2 heterocycles. The molecular formula is C11H19NO3. The van der Waals surface area contributed by atoms with Gasteiger partial charge in [0.15, 0.2) is 0 Å². The van der Waals surface area contributed by atoms with Crippen LogP contribution in [-0.4, -0.2) is 46.8 Å². The first kappa shape index (κ1) is 10.9. The summed E-state index contributed by atoms with van der Waals surface area (Å²) in [6.45, 7) is 5.76. The number of likely N-dealkylation sites (N-methyl/N-ethyl adjacent to an activating group) is 1. The van der Waals surface area contributed by atoms with Crippen LogP contribution in [-0.2, 0) is 9.53 Å². The van der Waals surface area contributed by atoms with Crippen molar-refractivity contribution in [3.63, 3.8) is 0 Å². The van der Waals surface area contributed by atoms with Gasteiger partial charge in [0.25, 0.3) is 0 Å². The minimum absolute atomic E-state index is 0.0606. The summed E-state index contributed by atoms with van der Waals surface area (Å²) in [6.07, 6.45) is 0.860. The second kappa shape index (κ2) is 2.95. The van der Waals surface area contributed by atoms with E-state index in [9.17, 15) is 9.90 Å². The number of rotatable bonds is 1. The fraction of sp³-hybridized carbons (Fsp3) is 0.909. The Kier molecular flexibility index (Phi) is 2.14. The van der Waals surface area contributed by atoms with Gasteiger partial charge < -0.3 is 14.7 Å². The van der Waals surface area contributed by atoms with E-state index in [2.05, 4.69) is 0 Å². The molecule has 2 aliphatic heterocycles. The molecule has 86 valence electrons. The van der Waals surface area contributed by atoms with Gasteiger partial charge in [0.2, 0.25) is 5.91 Å². The van der Waals surface area contributed by atoms with Crippen LogP contribution < -0.4 is 0 Å². The van der Waals surface area contributed by atoms with Gasteiger partial charge in [-0.05, 0) is 27.2 Å². The van der Waals surface area contributed by atoms with Crippen molar-refractivity contribution in [3.8, 4) is 0 Å². The average molecular weight is 213 g/mol. The number of likely N-dealkylation sites (tertiary alicyclic amines) is 1. The van der Waals surface area contributed by atoms with Crippen LogP contribution >= 0.6 is 0 Å². The van der Waals surface area contributed by atoms with Crippen molar-refractivity contribution >= 4 is 5.91 Å². The number of hydrogen-bond donors (Lipinski definition) is 1. The van der Waals surface area contributed by atoms with E-state index in [1.165, 1.54) is 0 Å². The van der Waals surface area contributed by atoms with Gasteiger partial charge in [0.1, 0.15) is 5.60 Å². The highest BCUT2D eigenvalue weighted by molar-refractivity contribution is 5.85. The normalized spacial score (nSPS) is 49.9. The second-order valence-corrected chi connectivity index (χ2v) is 5.15. The molecule has 4 unspecified atom stereocenters. The lowest BCUT2D eigenvalue weighted by molar-refractivity contribution is -0.135. The minimum Gasteiger partial charge on any atom is -0.394 e. The van der Waals surface area contributed by atoms with E-state index >= 15 is 0 Å². The van der Waals surface area contributed by atoms with Crippen LogP contribution in [0, 0.1) is 5.92 Å². The van der Waals surface area contributed by atoms with Crippen LogP contribution in [0.4, 0.5) is 0 Å². The first-order valence-electron chi connectivity index (χ1n) is 5.43. The molecule has 2 fully saturated rings. The summed E-state index contributed by atoms with van der Waals surface area (Å²) in [7, 11) is 1.75. The minimum atomic E-state index is -0.598. The standard InChI is InChI=1S/C11H19NO3/c1-7-5-8-9(14)12(4)10(2,6-13)11(8,3)15-7/h7-8,13H,5-6H2,1-4H3. The Balaban J connectivity index is 2.46. The zero-order chi connectivity index (χ0) is 11.4. The van der Waals surface area contributed by atoms with Crippen LogP contribution in [0.2, 0.25) is 0 Å². The van der Waals surface area contributed by atoms with E-state index < -0.39 is 11.1 Å². The van der Waals surface area contributed by atoms with Crippen LogP contribution in [0.25, 0.3) is 0 Å². The smallest absolute Gasteiger partial charge is 0.229 e. The van der Waals surface area contributed by atoms with Crippen molar-refractivity contribution < 1.29 is 14.6 Å². The van der Waals surface area contributed by atoms with Crippen molar-refractivity contribution in [2.45, 2.75) is 44.4 Å². The number of nitrogens with zero attached hydrogens (tertiary/aromatic N) is 1. The van der Waals surface area contributed by atoms with Gasteiger partial charge in [-0.1, -0.05) is 0 Å². The Morgan fingerprint density at radius 3 is 2.73 bits per heavy atom. The van der Waals surface area contributed by atoms with Gasteiger partial charge in [-0.15, -0.1) is 0 Å². The maximum absolute atomic E-state index is 12.0. The van der Waals surface area contributed by atoms with Crippen molar-refractivity contribution in [3.05, 3.63) is 0 Å². The second-order valence-electron chi connectivity index (χ2n) is 5.15. The zero-order valence-corrected chi connectivity index (χ0v) is 9.78. The molecule has 1 N–H and O–H groups in total. The van der Waals surface area contributed by atoms with E-state index in [0.29, 0.717) is 0 Å². The van der Waals surface area contributed by atoms with Gasteiger partial charge in [0, 0.05) is 7.05 Å². The van der Waals surface area contributed by atoms with Crippen molar-refractivity contribution in [2.24, 2.45) is 5.92 Å². The molecule has 4 heteroatoms. The summed E-state index contributed by atoms with van der Waals surface area (Å²) in [5.41, 5.74) is -1.15. The maximum Gasteiger partial charge on any atom is 0.229 e.